The lowest BCUT2D eigenvalue weighted by atomic mass is 10.1. The van der Waals surface area contributed by atoms with Crippen molar-refractivity contribution in [1.82, 2.24) is 19.5 Å². The summed E-state index contributed by atoms with van der Waals surface area (Å²) in [5, 5.41) is 0. The summed E-state index contributed by atoms with van der Waals surface area (Å²) in [5.41, 5.74) is 3.02. The van der Waals surface area contributed by atoms with Crippen LogP contribution in [-0.2, 0) is 0 Å². The molecule has 0 N–H and O–H groups in total. The van der Waals surface area contributed by atoms with Gasteiger partial charge in [0.05, 0.1) is 0 Å². The lowest BCUT2D eigenvalue weighted by Crippen LogP contribution is -2.06. The Hall–Kier alpha value is -3.34. The van der Waals surface area contributed by atoms with Crippen LogP contribution < -0.4 is 0 Å². The molecule has 0 saturated carbocycles. The summed E-state index contributed by atoms with van der Waals surface area (Å²) >= 11 is 0. The number of nitrogens with zero attached hydrogens (tertiary/aromatic N) is 4. The molecule has 0 atom stereocenters. The Kier molecular flexibility index (Phi) is 3.39. The average molecular weight is 314 g/mol. The van der Waals surface area contributed by atoms with Gasteiger partial charge in [0, 0.05) is 11.3 Å². The quantitative estimate of drug-likeness (QED) is 0.544. The maximum atomic E-state index is 12.8. The minimum absolute atomic E-state index is 0.152. The molecule has 0 radical (unpaired) electrons. The molecule has 116 valence electrons. The molecule has 0 bridgehead atoms. The first-order valence-corrected chi connectivity index (χ1v) is 7.61. The Balaban J connectivity index is 1.93. The molecule has 5 nitrogen and oxygen atoms in total. The number of carbonyl (C=O) groups is 1. The fraction of sp³-hybridized carbons (Fsp3) is 0.0526. The van der Waals surface area contributed by atoms with E-state index in [9.17, 15) is 4.79 Å². The van der Waals surface area contributed by atoms with Crippen LogP contribution in [0.1, 0.15) is 21.9 Å². The second-order valence-corrected chi connectivity index (χ2v) is 5.42. The number of imidazole rings is 1. The van der Waals surface area contributed by atoms with Gasteiger partial charge in [0.25, 0.3) is 0 Å². The zero-order valence-electron chi connectivity index (χ0n) is 13.0. The largest absolute Gasteiger partial charge is 0.287 e. The number of para-hydroxylation sites is 1. The minimum Gasteiger partial charge on any atom is -0.287 e. The molecule has 0 spiro atoms. The molecule has 0 unspecified atom stereocenters. The van der Waals surface area contributed by atoms with Crippen LogP contribution in [0.3, 0.4) is 0 Å². The number of hydrogen-bond donors (Lipinski definition) is 0. The number of fused-ring (bicyclic) bond motifs is 1. The van der Waals surface area contributed by atoms with Gasteiger partial charge in [0.1, 0.15) is 23.4 Å². The number of benzene rings is 2. The summed E-state index contributed by atoms with van der Waals surface area (Å²) in [4.78, 5) is 25.9. The van der Waals surface area contributed by atoms with E-state index in [1.165, 1.54) is 6.33 Å². The zero-order chi connectivity index (χ0) is 16.5. The van der Waals surface area contributed by atoms with Crippen molar-refractivity contribution in [3.05, 3.63) is 84.1 Å². The molecule has 4 rings (SSSR count). The minimum atomic E-state index is -0.152. The average Bonchev–Trinajstić information content (AvgIpc) is 2.98. The van der Waals surface area contributed by atoms with Gasteiger partial charge in [-0.1, -0.05) is 48.5 Å². The summed E-state index contributed by atoms with van der Waals surface area (Å²) in [7, 11) is 0. The number of hydrogen-bond acceptors (Lipinski definition) is 4. The van der Waals surface area contributed by atoms with E-state index >= 15 is 0 Å². The van der Waals surface area contributed by atoms with Gasteiger partial charge in [-0.2, -0.15) is 0 Å². The molecule has 0 fully saturated rings. The van der Waals surface area contributed by atoms with Crippen LogP contribution in [-0.4, -0.2) is 25.3 Å². The Morgan fingerprint density at radius 3 is 2.29 bits per heavy atom. The molecular weight excluding hydrogens is 300 g/mol. The van der Waals surface area contributed by atoms with Gasteiger partial charge >= 0.3 is 0 Å². The summed E-state index contributed by atoms with van der Waals surface area (Å²) in [5.74, 6) is 0.611. The summed E-state index contributed by atoms with van der Waals surface area (Å²) in [6.07, 6.45) is 1.42. The smallest absolute Gasteiger partial charge is 0.213 e. The van der Waals surface area contributed by atoms with E-state index in [1.54, 1.807) is 12.1 Å². The number of aryl methyl sites for hydroxylation is 1. The molecule has 0 aliphatic carbocycles. The first kappa shape index (κ1) is 14.3. The fourth-order valence-corrected chi connectivity index (χ4v) is 2.78. The van der Waals surface area contributed by atoms with Crippen molar-refractivity contribution in [2.45, 2.75) is 6.92 Å². The van der Waals surface area contributed by atoms with Crippen molar-refractivity contribution < 1.29 is 4.79 Å². The van der Waals surface area contributed by atoms with Gasteiger partial charge in [-0.25, -0.2) is 15.0 Å². The third-order valence-electron chi connectivity index (χ3n) is 3.88. The van der Waals surface area contributed by atoms with E-state index < -0.39 is 0 Å². The van der Waals surface area contributed by atoms with Gasteiger partial charge in [-0.05, 0) is 19.1 Å². The monoisotopic (exact) mass is 314 g/mol. The van der Waals surface area contributed by atoms with Crippen molar-refractivity contribution in [3.63, 3.8) is 0 Å². The van der Waals surface area contributed by atoms with Crippen LogP contribution in [0.5, 0.6) is 0 Å². The van der Waals surface area contributed by atoms with E-state index in [1.807, 2.05) is 60.0 Å². The fourth-order valence-electron chi connectivity index (χ4n) is 2.78. The Bertz CT molecular complexity index is 1020. The van der Waals surface area contributed by atoms with E-state index in [-0.39, 0.29) is 5.78 Å². The van der Waals surface area contributed by atoms with Crippen LogP contribution >= 0.6 is 0 Å². The lowest BCUT2D eigenvalue weighted by molar-refractivity contribution is 0.103. The molecule has 2 aromatic carbocycles. The molecule has 2 aromatic heterocycles. The van der Waals surface area contributed by atoms with Crippen LogP contribution in [0, 0.1) is 6.92 Å². The van der Waals surface area contributed by atoms with Crippen LogP contribution in [0.2, 0.25) is 0 Å². The number of rotatable bonds is 3. The van der Waals surface area contributed by atoms with Crippen molar-refractivity contribution in [2.24, 2.45) is 0 Å². The zero-order valence-corrected chi connectivity index (χ0v) is 13.0. The van der Waals surface area contributed by atoms with E-state index in [0.29, 0.717) is 22.4 Å². The van der Waals surface area contributed by atoms with Gasteiger partial charge in [-0.3, -0.25) is 9.36 Å². The lowest BCUT2D eigenvalue weighted by Gasteiger charge is -2.05. The van der Waals surface area contributed by atoms with E-state index in [0.717, 1.165) is 11.5 Å². The van der Waals surface area contributed by atoms with Crippen molar-refractivity contribution in [1.29, 1.82) is 0 Å². The van der Waals surface area contributed by atoms with Crippen LogP contribution in [0.25, 0.3) is 16.9 Å². The van der Waals surface area contributed by atoms with Gasteiger partial charge in [0.2, 0.25) is 5.78 Å². The summed E-state index contributed by atoms with van der Waals surface area (Å²) in [6, 6.07) is 18.9. The summed E-state index contributed by atoms with van der Waals surface area (Å²) in [6.45, 7) is 1.89. The highest BCUT2D eigenvalue weighted by Gasteiger charge is 2.20. The molecular formula is C19H14N4O. The SMILES string of the molecule is Cc1nc2c(C(=O)c3ccccc3)ncnc2n1-c1ccccc1. The maximum Gasteiger partial charge on any atom is 0.213 e. The molecule has 0 aliphatic rings. The normalized spacial score (nSPS) is 10.9. The van der Waals surface area contributed by atoms with Crippen molar-refractivity contribution >= 4 is 16.9 Å². The molecule has 0 amide bonds. The number of carbonyl (C=O) groups excluding carboxylic acids is 1. The molecule has 5 heteroatoms. The maximum absolute atomic E-state index is 12.8. The Morgan fingerprint density at radius 1 is 0.917 bits per heavy atom. The number of ketones is 1. The highest BCUT2D eigenvalue weighted by Crippen LogP contribution is 2.22. The topological polar surface area (TPSA) is 60.7 Å². The standard InChI is InChI=1S/C19H14N4O/c1-13-22-17-16(18(24)14-8-4-2-5-9-14)20-12-21-19(17)23(13)15-10-6-3-7-11-15/h2-12H,1H3. The highest BCUT2D eigenvalue weighted by atomic mass is 16.1. The second-order valence-electron chi connectivity index (χ2n) is 5.42. The number of aromatic nitrogens is 4. The van der Waals surface area contributed by atoms with Gasteiger partial charge in [-0.15, -0.1) is 0 Å². The molecule has 24 heavy (non-hydrogen) atoms. The van der Waals surface area contributed by atoms with Gasteiger partial charge in [0.15, 0.2) is 5.65 Å². The van der Waals surface area contributed by atoms with Crippen molar-refractivity contribution in [3.8, 4) is 5.69 Å². The summed E-state index contributed by atoms with van der Waals surface area (Å²) < 4.78 is 1.93. The predicted octanol–water partition coefficient (Wildman–Crippen LogP) is 3.35. The molecule has 0 saturated heterocycles. The molecule has 0 aliphatic heterocycles. The van der Waals surface area contributed by atoms with E-state index in [2.05, 4.69) is 15.0 Å². The molecule has 2 heterocycles. The van der Waals surface area contributed by atoms with Crippen LogP contribution in [0.15, 0.2) is 67.0 Å². The van der Waals surface area contributed by atoms with Crippen LogP contribution in [0.4, 0.5) is 0 Å². The third-order valence-corrected chi connectivity index (χ3v) is 3.88. The first-order valence-electron chi connectivity index (χ1n) is 7.61. The van der Waals surface area contributed by atoms with E-state index in [4.69, 9.17) is 0 Å². The van der Waals surface area contributed by atoms with Gasteiger partial charge < -0.3 is 0 Å². The first-order chi connectivity index (χ1) is 11.8. The second kappa shape index (κ2) is 5.70. The Morgan fingerprint density at radius 2 is 1.58 bits per heavy atom. The predicted molar refractivity (Wildman–Crippen MR) is 91.3 cm³/mol. The van der Waals surface area contributed by atoms with Crippen molar-refractivity contribution in [2.75, 3.05) is 0 Å². The highest BCUT2D eigenvalue weighted by molar-refractivity contribution is 6.13. The Labute approximate surface area is 138 Å². The molecule has 4 aromatic rings. The third kappa shape index (κ3) is 2.27.